The van der Waals surface area contributed by atoms with Crippen molar-refractivity contribution in [3.05, 3.63) is 54.1 Å². The van der Waals surface area contributed by atoms with E-state index in [1.807, 2.05) is 50.2 Å². The third-order valence-corrected chi connectivity index (χ3v) is 3.55. The van der Waals surface area contributed by atoms with E-state index in [1.165, 1.54) is 0 Å². The molecule has 0 saturated carbocycles. The molecule has 1 aliphatic rings. The van der Waals surface area contributed by atoms with Gasteiger partial charge in [-0.2, -0.15) is 0 Å². The Morgan fingerprint density at radius 3 is 2.53 bits per heavy atom. The van der Waals surface area contributed by atoms with E-state index in [4.69, 9.17) is 4.74 Å². The van der Waals surface area contributed by atoms with Gasteiger partial charge in [0.25, 0.3) is 0 Å². The number of benzene rings is 2. The number of ether oxygens (including phenoxy) is 1. The molecule has 98 valence electrons. The van der Waals surface area contributed by atoms with Crippen LogP contribution >= 0.6 is 0 Å². The van der Waals surface area contributed by atoms with Crippen molar-refractivity contribution in [3.8, 4) is 16.9 Å². The number of hydrogen-bond donors (Lipinski definition) is 1. The average molecular weight is 254 g/mol. The van der Waals surface area contributed by atoms with E-state index >= 15 is 0 Å². The Morgan fingerprint density at radius 1 is 1.05 bits per heavy atom. The second kappa shape index (κ2) is 4.39. The van der Waals surface area contributed by atoms with Crippen LogP contribution < -0.4 is 4.74 Å². The number of aliphatic hydroxyl groups excluding tert-OH is 1. The molecule has 2 aromatic rings. The molecule has 3 rings (SSSR count). The lowest BCUT2D eigenvalue weighted by molar-refractivity contribution is 0.0121. The van der Waals surface area contributed by atoms with Gasteiger partial charge in [0.15, 0.2) is 0 Å². The molecule has 0 saturated heterocycles. The van der Waals surface area contributed by atoms with E-state index in [0.717, 1.165) is 22.4 Å². The van der Waals surface area contributed by atoms with E-state index in [-0.39, 0.29) is 5.60 Å². The Balaban J connectivity index is 2.16. The predicted molar refractivity (Wildman–Crippen MR) is 76.2 cm³/mol. The number of hydrogen-bond acceptors (Lipinski definition) is 2. The highest BCUT2D eigenvalue weighted by molar-refractivity contribution is 5.72. The molecule has 1 heterocycles. The zero-order valence-electron chi connectivity index (χ0n) is 11.3. The quantitative estimate of drug-likeness (QED) is 0.835. The van der Waals surface area contributed by atoms with Crippen LogP contribution in [0.2, 0.25) is 0 Å². The molecule has 0 radical (unpaired) electrons. The summed E-state index contributed by atoms with van der Waals surface area (Å²) < 4.78 is 6.12. The van der Waals surface area contributed by atoms with Crippen LogP contribution in [-0.2, 0) is 0 Å². The van der Waals surface area contributed by atoms with Crippen molar-refractivity contribution in [2.45, 2.75) is 32.0 Å². The summed E-state index contributed by atoms with van der Waals surface area (Å²) in [6.45, 7) is 4.03. The van der Waals surface area contributed by atoms with Crippen LogP contribution in [0.3, 0.4) is 0 Å². The van der Waals surface area contributed by atoms with Crippen LogP contribution in [0.15, 0.2) is 48.5 Å². The molecule has 0 aromatic heterocycles. The van der Waals surface area contributed by atoms with E-state index in [1.54, 1.807) is 0 Å². The topological polar surface area (TPSA) is 29.5 Å². The number of aliphatic hydroxyl groups is 1. The summed E-state index contributed by atoms with van der Waals surface area (Å²) in [5, 5.41) is 10.3. The Labute approximate surface area is 113 Å². The molecule has 1 atom stereocenters. The molecule has 1 N–H and O–H groups in total. The molecule has 0 amide bonds. The van der Waals surface area contributed by atoms with Crippen LogP contribution in [0, 0.1) is 0 Å². The maximum absolute atomic E-state index is 10.3. The van der Waals surface area contributed by atoms with Gasteiger partial charge in [-0.05, 0) is 19.4 Å². The summed E-state index contributed by atoms with van der Waals surface area (Å²) >= 11 is 0. The maximum Gasteiger partial charge on any atom is 0.133 e. The summed E-state index contributed by atoms with van der Waals surface area (Å²) in [7, 11) is 0. The summed E-state index contributed by atoms with van der Waals surface area (Å²) in [6.07, 6.45) is 0.167. The molecule has 0 spiro atoms. The lowest BCUT2D eigenvalue weighted by Gasteiger charge is -2.36. The SMILES string of the molecule is CC1(C)CC(O)c2cccc(-c3ccccc3)c2O1. The molecule has 2 heteroatoms. The predicted octanol–water partition coefficient (Wildman–Crippen LogP) is 3.95. The standard InChI is InChI=1S/C17H18O2/c1-17(2)11-15(18)14-10-6-9-13(16(14)19-17)12-7-4-3-5-8-12/h3-10,15,18H,11H2,1-2H3. The first-order valence-corrected chi connectivity index (χ1v) is 6.62. The highest BCUT2D eigenvalue weighted by atomic mass is 16.5. The zero-order chi connectivity index (χ0) is 13.5. The Morgan fingerprint density at radius 2 is 1.79 bits per heavy atom. The fraction of sp³-hybridized carbons (Fsp3) is 0.294. The minimum atomic E-state index is -0.456. The van der Waals surface area contributed by atoms with Gasteiger partial charge in [0.05, 0.1) is 6.10 Å². The summed E-state index contributed by atoms with van der Waals surface area (Å²) in [4.78, 5) is 0. The first-order valence-electron chi connectivity index (χ1n) is 6.62. The summed E-state index contributed by atoms with van der Waals surface area (Å²) in [5.74, 6) is 0.817. The van der Waals surface area contributed by atoms with Crippen molar-refractivity contribution in [2.75, 3.05) is 0 Å². The monoisotopic (exact) mass is 254 g/mol. The maximum atomic E-state index is 10.3. The van der Waals surface area contributed by atoms with Crippen LogP contribution in [0.5, 0.6) is 5.75 Å². The Bertz CT molecular complexity index is 587. The summed E-state index contributed by atoms with van der Waals surface area (Å²) in [5.41, 5.74) is 2.71. The van der Waals surface area contributed by atoms with E-state index in [0.29, 0.717) is 6.42 Å². The van der Waals surface area contributed by atoms with Crippen molar-refractivity contribution >= 4 is 0 Å². The minimum absolute atomic E-state index is 0.336. The van der Waals surface area contributed by atoms with E-state index < -0.39 is 6.10 Å². The van der Waals surface area contributed by atoms with Gasteiger partial charge in [-0.3, -0.25) is 0 Å². The third-order valence-electron chi connectivity index (χ3n) is 3.55. The summed E-state index contributed by atoms with van der Waals surface area (Å²) in [6, 6.07) is 16.1. The molecule has 2 aromatic carbocycles. The van der Waals surface area contributed by atoms with Gasteiger partial charge in [-0.15, -0.1) is 0 Å². The van der Waals surface area contributed by atoms with Crippen molar-refractivity contribution in [2.24, 2.45) is 0 Å². The fourth-order valence-corrected chi connectivity index (χ4v) is 2.67. The first-order chi connectivity index (χ1) is 9.07. The van der Waals surface area contributed by atoms with Crippen LogP contribution in [-0.4, -0.2) is 10.7 Å². The molecule has 0 fully saturated rings. The van der Waals surface area contributed by atoms with E-state index in [2.05, 4.69) is 12.1 Å². The van der Waals surface area contributed by atoms with Crippen molar-refractivity contribution in [1.29, 1.82) is 0 Å². The fourth-order valence-electron chi connectivity index (χ4n) is 2.67. The number of para-hydroxylation sites is 1. The van der Waals surface area contributed by atoms with Gasteiger partial charge in [-0.1, -0.05) is 48.5 Å². The third kappa shape index (κ3) is 2.24. The molecule has 0 bridgehead atoms. The van der Waals surface area contributed by atoms with Crippen molar-refractivity contribution in [1.82, 2.24) is 0 Å². The first kappa shape index (κ1) is 12.2. The highest BCUT2D eigenvalue weighted by Crippen LogP contribution is 2.44. The van der Waals surface area contributed by atoms with Crippen LogP contribution in [0.4, 0.5) is 0 Å². The van der Waals surface area contributed by atoms with Crippen molar-refractivity contribution < 1.29 is 9.84 Å². The number of fused-ring (bicyclic) bond motifs is 1. The number of rotatable bonds is 1. The van der Waals surface area contributed by atoms with Gasteiger partial charge >= 0.3 is 0 Å². The van der Waals surface area contributed by atoms with Gasteiger partial charge in [0.2, 0.25) is 0 Å². The molecule has 2 nitrogen and oxygen atoms in total. The van der Waals surface area contributed by atoms with Crippen molar-refractivity contribution in [3.63, 3.8) is 0 Å². The molecule has 0 aliphatic carbocycles. The van der Waals surface area contributed by atoms with Crippen LogP contribution in [0.25, 0.3) is 11.1 Å². The van der Waals surface area contributed by atoms with Crippen LogP contribution in [0.1, 0.15) is 31.9 Å². The minimum Gasteiger partial charge on any atom is -0.487 e. The van der Waals surface area contributed by atoms with Gasteiger partial charge < -0.3 is 9.84 Å². The van der Waals surface area contributed by atoms with Gasteiger partial charge in [-0.25, -0.2) is 0 Å². The average Bonchev–Trinajstić information content (AvgIpc) is 2.38. The van der Waals surface area contributed by atoms with Gasteiger partial charge in [0.1, 0.15) is 11.4 Å². The smallest absolute Gasteiger partial charge is 0.133 e. The molecule has 19 heavy (non-hydrogen) atoms. The second-order valence-electron chi connectivity index (χ2n) is 5.67. The highest BCUT2D eigenvalue weighted by Gasteiger charge is 2.34. The lowest BCUT2D eigenvalue weighted by atomic mass is 9.89. The lowest BCUT2D eigenvalue weighted by Crippen LogP contribution is -2.35. The normalized spacial score (nSPS) is 20.5. The van der Waals surface area contributed by atoms with Gasteiger partial charge in [0, 0.05) is 17.5 Å². The molecular formula is C17H18O2. The largest absolute Gasteiger partial charge is 0.487 e. The zero-order valence-corrected chi connectivity index (χ0v) is 11.3. The molecule has 1 unspecified atom stereocenters. The second-order valence-corrected chi connectivity index (χ2v) is 5.67. The molecule has 1 aliphatic heterocycles. The molecular weight excluding hydrogens is 236 g/mol. The van der Waals surface area contributed by atoms with E-state index in [9.17, 15) is 5.11 Å². The Kier molecular flexibility index (Phi) is 2.83. The Hall–Kier alpha value is -1.80.